The summed E-state index contributed by atoms with van der Waals surface area (Å²) in [6.45, 7) is 3.89. The van der Waals surface area contributed by atoms with E-state index >= 15 is 0 Å². The fourth-order valence-corrected chi connectivity index (χ4v) is 3.49. The van der Waals surface area contributed by atoms with Gasteiger partial charge in [0.1, 0.15) is 5.75 Å². The lowest BCUT2D eigenvalue weighted by Gasteiger charge is -2.24. The van der Waals surface area contributed by atoms with Gasteiger partial charge < -0.3 is 19.5 Å². The standard InChI is InChI=1S/C24H27N3O2/c1-2-29-23-13-7-6-12-22(23)25-24(28)27(20-14-15-20)18-21-11-8-16-26(21)17-19-9-4-3-5-10-19/h3-13,16,20H,2,14-15,17-18H2,1H3,(H,25,28). The Morgan fingerprint density at radius 2 is 1.83 bits per heavy atom. The molecule has 2 aromatic carbocycles. The number of carbonyl (C=O) groups excluding carboxylic acids is 1. The summed E-state index contributed by atoms with van der Waals surface area (Å²) in [5.41, 5.74) is 3.09. The van der Waals surface area contributed by atoms with Crippen LogP contribution in [0.25, 0.3) is 0 Å². The summed E-state index contributed by atoms with van der Waals surface area (Å²) in [6, 6.07) is 22.3. The van der Waals surface area contributed by atoms with Crippen molar-refractivity contribution in [2.45, 2.75) is 38.9 Å². The van der Waals surface area contributed by atoms with E-state index in [0.29, 0.717) is 30.6 Å². The lowest BCUT2D eigenvalue weighted by Crippen LogP contribution is -2.37. The van der Waals surface area contributed by atoms with Crippen molar-refractivity contribution in [1.82, 2.24) is 9.47 Å². The van der Waals surface area contributed by atoms with Crippen LogP contribution in [-0.4, -0.2) is 28.1 Å². The number of urea groups is 1. The van der Waals surface area contributed by atoms with Gasteiger partial charge >= 0.3 is 6.03 Å². The molecule has 0 unspecified atom stereocenters. The van der Waals surface area contributed by atoms with Crippen molar-refractivity contribution in [3.05, 3.63) is 84.2 Å². The zero-order chi connectivity index (χ0) is 20.1. The van der Waals surface area contributed by atoms with Crippen LogP contribution in [0.1, 0.15) is 31.0 Å². The number of para-hydroxylation sites is 2. The molecule has 0 bridgehead atoms. The largest absolute Gasteiger partial charge is 0.492 e. The van der Waals surface area contributed by atoms with Crippen LogP contribution in [0.15, 0.2) is 72.9 Å². The van der Waals surface area contributed by atoms with E-state index in [-0.39, 0.29) is 6.03 Å². The topological polar surface area (TPSA) is 46.5 Å². The van der Waals surface area contributed by atoms with Crippen molar-refractivity contribution in [2.24, 2.45) is 0 Å². The van der Waals surface area contributed by atoms with Gasteiger partial charge in [-0.2, -0.15) is 0 Å². The van der Waals surface area contributed by atoms with Crippen LogP contribution in [0.2, 0.25) is 0 Å². The van der Waals surface area contributed by atoms with E-state index in [4.69, 9.17) is 4.74 Å². The average Bonchev–Trinajstić information content (AvgIpc) is 3.49. The van der Waals surface area contributed by atoms with Gasteiger partial charge in [-0.25, -0.2) is 4.79 Å². The van der Waals surface area contributed by atoms with Crippen molar-refractivity contribution in [3.8, 4) is 5.75 Å². The summed E-state index contributed by atoms with van der Waals surface area (Å²) in [7, 11) is 0. The van der Waals surface area contributed by atoms with Crippen LogP contribution in [0.5, 0.6) is 5.75 Å². The maximum absolute atomic E-state index is 13.1. The predicted molar refractivity (Wildman–Crippen MR) is 115 cm³/mol. The molecule has 1 N–H and O–H groups in total. The Labute approximate surface area is 171 Å². The number of amides is 2. The Morgan fingerprint density at radius 1 is 1.07 bits per heavy atom. The molecule has 1 fully saturated rings. The minimum absolute atomic E-state index is 0.0767. The second-order valence-electron chi connectivity index (χ2n) is 7.33. The number of nitrogens with one attached hydrogen (secondary N) is 1. The number of carbonyl (C=O) groups is 1. The summed E-state index contributed by atoms with van der Waals surface area (Å²) in [6.07, 6.45) is 4.19. The summed E-state index contributed by atoms with van der Waals surface area (Å²) in [5.74, 6) is 0.701. The summed E-state index contributed by atoms with van der Waals surface area (Å²) in [5, 5.41) is 3.05. The Balaban J connectivity index is 1.48. The molecule has 150 valence electrons. The van der Waals surface area contributed by atoms with Crippen molar-refractivity contribution < 1.29 is 9.53 Å². The Bertz CT molecular complexity index is 948. The SMILES string of the molecule is CCOc1ccccc1NC(=O)N(Cc1cccn1Cc1ccccc1)C1CC1. The third-order valence-corrected chi connectivity index (χ3v) is 5.13. The van der Waals surface area contributed by atoms with Crippen molar-refractivity contribution >= 4 is 11.7 Å². The van der Waals surface area contributed by atoms with Crippen molar-refractivity contribution in [3.63, 3.8) is 0 Å². The van der Waals surface area contributed by atoms with E-state index in [0.717, 1.165) is 25.1 Å². The molecule has 1 aliphatic rings. The highest BCUT2D eigenvalue weighted by atomic mass is 16.5. The quantitative estimate of drug-likeness (QED) is 0.580. The van der Waals surface area contributed by atoms with E-state index in [9.17, 15) is 4.79 Å². The monoisotopic (exact) mass is 389 g/mol. The molecule has 0 atom stereocenters. The molecule has 0 spiro atoms. The van der Waals surface area contributed by atoms with Gasteiger partial charge in [0.2, 0.25) is 0 Å². The van der Waals surface area contributed by atoms with E-state index in [1.54, 1.807) is 0 Å². The van der Waals surface area contributed by atoms with E-state index < -0.39 is 0 Å². The summed E-state index contributed by atoms with van der Waals surface area (Å²) in [4.78, 5) is 15.0. The minimum atomic E-state index is -0.0767. The van der Waals surface area contributed by atoms with Crippen LogP contribution < -0.4 is 10.1 Å². The molecule has 0 radical (unpaired) electrons. The van der Waals surface area contributed by atoms with E-state index in [2.05, 4.69) is 46.4 Å². The molecule has 3 aromatic rings. The smallest absolute Gasteiger partial charge is 0.322 e. The molecule has 1 heterocycles. The third-order valence-electron chi connectivity index (χ3n) is 5.13. The maximum atomic E-state index is 13.1. The van der Waals surface area contributed by atoms with Crippen LogP contribution in [0.3, 0.4) is 0 Å². The highest BCUT2D eigenvalue weighted by Crippen LogP contribution is 2.31. The maximum Gasteiger partial charge on any atom is 0.322 e. The highest BCUT2D eigenvalue weighted by molar-refractivity contribution is 5.91. The van der Waals surface area contributed by atoms with Gasteiger partial charge in [-0.15, -0.1) is 0 Å². The molecule has 2 amide bonds. The molecule has 5 heteroatoms. The molecule has 0 aliphatic heterocycles. The first-order valence-electron chi connectivity index (χ1n) is 10.2. The number of hydrogen-bond donors (Lipinski definition) is 1. The molecule has 0 saturated heterocycles. The Hall–Kier alpha value is -3.21. The molecule has 1 aromatic heterocycles. The first-order valence-corrected chi connectivity index (χ1v) is 10.2. The van der Waals surface area contributed by atoms with Gasteiger partial charge in [0, 0.05) is 24.5 Å². The van der Waals surface area contributed by atoms with Crippen LogP contribution in [-0.2, 0) is 13.1 Å². The number of benzene rings is 2. The summed E-state index contributed by atoms with van der Waals surface area (Å²) < 4.78 is 7.86. The molecule has 29 heavy (non-hydrogen) atoms. The lowest BCUT2D eigenvalue weighted by atomic mass is 10.2. The van der Waals surface area contributed by atoms with E-state index in [1.807, 2.05) is 48.2 Å². The molecule has 5 nitrogen and oxygen atoms in total. The Kier molecular flexibility index (Phi) is 5.84. The van der Waals surface area contributed by atoms with Crippen LogP contribution in [0.4, 0.5) is 10.5 Å². The number of hydrogen-bond acceptors (Lipinski definition) is 2. The van der Waals surface area contributed by atoms with Gasteiger partial charge in [-0.1, -0.05) is 42.5 Å². The Morgan fingerprint density at radius 3 is 2.59 bits per heavy atom. The number of anilines is 1. The van der Waals surface area contributed by atoms with Crippen molar-refractivity contribution in [2.75, 3.05) is 11.9 Å². The minimum Gasteiger partial charge on any atom is -0.492 e. The number of ether oxygens (including phenoxy) is 1. The van der Waals surface area contributed by atoms with E-state index in [1.165, 1.54) is 5.56 Å². The molecular weight excluding hydrogens is 362 g/mol. The molecular formula is C24H27N3O2. The van der Waals surface area contributed by atoms with Gasteiger partial charge in [0.05, 0.1) is 18.8 Å². The van der Waals surface area contributed by atoms with Gasteiger partial charge in [-0.05, 0) is 49.6 Å². The zero-order valence-electron chi connectivity index (χ0n) is 16.8. The number of rotatable bonds is 8. The fraction of sp³-hybridized carbons (Fsp3) is 0.292. The molecule has 1 aliphatic carbocycles. The predicted octanol–water partition coefficient (Wildman–Crippen LogP) is 5.13. The fourth-order valence-electron chi connectivity index (χ4n) is 3.49. The number of nitrogens with zero attached hydrogens (tertiary/aromatic N) is 2. The average molecular weight is 389 g/mol. The van der Waals surface area contributed by atoms with Gasteiger partial charge in [0.25, 0.3) is 0 Å². The number of aromatic nitrogens is 1. The van der Waals surface area contributed by atoms with Crippen molar-refractivity contribution in [1.29, 1.82) is 0 Å². The third kappa shape index (κ3) is 4.80. The molecule has 4 rings (SSSR count). The van der Waals surface area contributed by atoms with Gasteiger partial charge in [-0.3, -0.25) is 0 Å². The second-order valence-corrected chi connectivity index (χ2v) is 7.33. The molecule has 1 saturated carbocycles. The second kappa shape index (κ2) is 8.86. The van der Waals surface area contributed by atoms with Crippen LogP contribution >= 0.6 is 0 Å². The summed E-state index contributed by atoms with van der Waals surface area (Å²) >= 11 is 0. The first kappa shape index (κ1) is 19.1. The normalized spacial score (nSPS) is 13.1. The highest BCUT2D eigenvalue weighted by Gasteiger charge is 2.33. The zero-order valence-corrected chi connectivity index (χ0v) is 16.8. The lowest BCUT2D eigenvalue weighted by molar-refractivity contribution is 0.204. The van der Waals surface area contributed by atoms with Crippen LogP contribution in [0, 0.1) is 0 Å². The van der Waals surface area contributed by atoms with Gasteiger partial charge in [0.15, 0.2) is 0 Å². The first-order chi connectivity index (χ1) is 14.2.